The van der Waals surface area contributed by atoms with E-state index in [0.717, 1.165) is 6.07 Å². The Hall–Kier alpha value is -1.75. The molecule has 1 fully saturated rings. The normalized spacial score (nSPS) is 18.3. The van der Waals surface area contributed by atoms with E-state index in [-0.39, 0.29) is 22.8 Å². The van der Waals surface area contributed by atoms with Gasteiger partial charge in [0.2, 0.25) is 10.0 Å². The van der Waals surface area contributed by atoms with Gasteiger partial charge >= 0.3 is 0 Å². The maximum absolute atomic E-state index is 12.7. The van der Waals surface area contributed by atoms with Crippen LogP contribution in [0.25, 0.3) is 0 Å². The molecule has 0 saturated carbocycles. The van der Waals surface area contributed by atoms with Crippen molar-refractivity contribution in [1.82, 2.24) is 9.21 Å². The summed E-state index contributed by atoms with van der Waals surface area (Å²) in [5, 5.41) is 23.3. The van der Waals surface area contributed by atoms with Gasteiger partial charge < -0.3 is 15.3 Å². The molecule has 0 aliphatic carbocycles. The van der Waals surface area contributed by atoms with Gasteiger partial charge in [0.1, 0.15) is 5.69 Å². The lowest BCUT2D eigenvalue weighted by molar-refractivity contribution is -0.384. The Morgan fingerprint density at radius 1 is 1.33 bits per heavy atom. The number of aliphatic hydroxyl groups is 1. The Morgan fingerprint density at radius 2 is 1.96 bits per heavy atom. The monoisotopic (exact) mass is 358 g/mol. The maximum atomic E-state index is 12.7. The van der Waals surface area contributed by atoms with E-state index in [4.69, 9.17) is 0 Å². The minimum atomic E-state index is -3.76. The Kier molecular flexibility index (Phi) is 5.75. The fraction of sp³-hybridized carbons (Fsp3) is 0.571. The highest BCUT2D eigenvalue weighted by atomic mass is 32.2. The van der Waals surface area contributed by atoms with Gasteiger partial charge in [0.15, 0.2) is 0 Å². The highest BCUT2D eigenvalue weighted by Crippen LogP contribution is 2.29. The molecule has 0 spiro atoms. The maximum Gasteiger partial charge on any atom is 0.293 e. The molecule has 0 radical (unpaired) electrons. The first-order chi connectivity index (χ1) is 11.2. The molecule has 1 aliphatic rings. The fourth-order valence-corrected chi connectivity index (χ4v) is 3.85. The van der Waals surface area contributed by atoms with E-state index in [0.29, 0.717) is 26.2 Å². The standard InChI is InChI=1S/C14H22N4O5S/c1-11(19)10-15-13-4-3-12(9-14(13)18(20)21)24(22,23)17-7-5-16(2)6-8-17/h3-4,9,11,15,19H,5-8,10H2,1-2H3/t11-/m0/s1. The molecule has 134 valence electrons. The van der Waals surface area contributed by atoms with E-state index in [1.54, 1.807) is 6.92 Å². The predicted molar refractivity (Wildman–Crippen MR) is 89.5 cm³/mol. The van der Waals surface area contributed by atoms with Crippen molar-refractivity contribution in [2.75, 3.05) is 45.1 Å². The number of anilines is 1. The van der Waals surface area contributed by atoms with Crippen LogP contribution in [0.3, 0.4) is 0 Å². The van der Waals surface area contributed by atoms with E-state index in [9.17, 15) is 23.6 Å². The minimum absolute atomic E-state index is 0.0960. The van der Waals surface area contributed by atoms with Crippen LogP contribution in [-0.2, 0) is 10.0 Å². The van der Waals surface area contributed by atoms with Gasteiger partial charge in [-0.05, 0) is 26.1 Å². The number of benzene rings is 1. The Morgan fingerprint density at radius 3 is 2.50 bits per heavy atom. The molecule has 2 N–H and O–H groups in total. The van der Waals surface area contributed by atoms with Crippen molar-refractivity contribution in [3.63, 3.8) is 0 Å². The van der Waals surface area contributed by atoms with Crippen LogP contribution in [-0.4, -0.2) is 73.5 Å². The van der Waals surface area contributed by atoms with Crippen molar-refractivity contribution in [3.8, 4) is 0 Å². The number of likely N-dealkylation sites (N-methyl/N-ethyl adjacent to an activating group) is 1. The Labute approximate surface area is 141 Å². The zero-order valence-corrected chi connectivity index (χ0v) is 14.5. The number of nitrogens with one attached hydrogen (secondary N) is 1. The molecule has 9 nitrogen and oxygen atoms in total. The van der Waals surface area contributed by atoms with Crippen LogP contribution in [0.15, 0.2) is 23.1 Å². The molecule has 0 unspecified atom stereocenters. The number of nitro groups is 1. The summed E-state index contributed by atoms with van der Waals surface area (Å²) in [4.78, 5) is 12.6. The average Bonchev–Trinajstić information content (AvgIpc) is 2.53. The molecule has 1 aliphatic heterocycles. The summed E-state index contributed by atoms with van der Waals surface area (Å²) in [7, 11) is -1.85. The van der Waals surface area contributed by atoms with Crippen LogP contribution in [0.5, 0.6) is 0 Å². The number of rotatable bonds is 6. The molecule has 10 heteroatoms. The van der Waals surface area contributed by atoms with E-state index in [2.05, 4.69) is 5.32 Å². The van der Waals surface area contributed by atoms with Crippen LogP contribution in [0, 0.1) is 10.1 Å². The molecular formula is C14H22N4O5S. The SMILES string of the molecule is C[C@H](O)CNc1ccc(S(=O)(=O)N2CCN(C)CC2)cc1[N+](=O)[O-]. The molecule has 0 bridgehead atoms. The molecule has 24 heavy (non-hydrogen) atoms. The molecule has 2 rings (SSSR count). The van der Waals surface area contributed by atoms with Gasteiger partial charge in [-0.1, -0.05) is 0 Å². The number of sulfonamides is 1. The van der Waals surface area contributed by atoms with Crippen LogP contribution in [0.2, 0.25) is 0 Å². The fourth-order valence-electron chi connectivity index (χ4n) is 2.41. The molecule has 1 atom stereocenters. The number of piperazine rings is 1. The van der Waals surface area contributed by atoms with Crippen LogP contribution in [0.1, 0.15) is 6.92 Å². The van der Waals surface area contributed by atoms with E-state index in [1.807, 2.05) is 11.9 Å². The van der Waals surface area contributed by atoms with Gasteiger partial charge in [-0.25, -0.2) is 8.42 Å². The third-order valence-corrected chi connectivity index (χ3v) is 5.75. The second-order valence-corrected chi connectivity index (χ2v) is 7.81. The number of aliphatic hydroxyl groups excluding tert-OH is 1. The van der Waals surface area contributed by atoms with Gasteiger partial charge in [-0.15, -0.1) is 0 Å². The molecule has 1 aromatic carbocycles. The van der Waals surface area contributed by atoms with Gasteiger partial charge in [-0.3, -0.25) is 10.1 Å². The van der Waals surface area contributed by atoms with Crippen molar-refractivity contribution < 1.29 is 18.4 Å². The number of hydrogen-bond acceptors (Lipinski definition) is 7. The third kappa shape index (κ3) is 4.20. The second-order valence-electron chi connectivity index (χ2n) is 5.87. The topological polar surface area (TPSA) is 116 Å². The van der Waals surface area contributed by atoms with Gasteiger partial charge in [-0.2, -0.15) is 4.31 Å². The second kappa shape index (κ2) is 7.43. The number of nitro benzene ring substituents is 1. The van der Waals surface area contributed by atoms with Crippen molar-refractivity contribution in [2.24, 2.45) is 0 Å². The summed E-state index contributed by atoms with van der Waals surface area (Å²) in [6.07, 6.45) is -0.682. The summed E-state index contributed by atoms with van der Waals surface area (Å²) in [6.45, 7) is 3.63. The minimum Gasteiger partial charge on any atom is -0.392 e. The predicted octanol–water partition coefficient (Wildman–Crippen LogP) is 0.324. The van der Waals surface area contributed by atoms with Crippen molar-refractivity contribution >= 4 is 21.4 Å². The Bertz CT molecular complexity index is 699. The Balaban J connectivity index is 2.30. The van der Waals surface area contributed by atoms with Crippen molar-refractivity contribution in [3.05, 3.63) is 28.3 Å². The highest BCUT2D eigenvalue weighted by Gasteiger charge is 2.29. The van der Waals surface area contributed by atoms with Gasteiger partial charge in [0.05, 0.1) is 15.9 Å². The van der Waals surface area contributed by atoms with Crippen LogP contribution < -0.4 is 5.32 Å². The first kappa shape index (κ1) is 18.6. The number of nitrogens with zero attached hydrogens (tertiary/aromatic N) is 3. The average molecular weight is 358 g/mol. The lowest BCUT2D eigenvalue weighted by Gasteiger charge is -2.31. The van der Waals surface area contributed by atoms with E-state index < -0.39 is 21.1 Å². The molecule has 1 aromatic rings. The first-order valence-corrected chi connectivity index (χ1v) is 9.05. The molecular weight excluding hydrogens is 336 g/mol. The summed E-state index contributed by atoms with van der Waals surface area (Å²) >= 11 is 0. The van der Waals surface area contributed by atoms with E-state index >= 15 is 0 Å². The highest BCUT2D eigenvalue weighted by molar-refractivity contribution is 7.89. The summed E-state index contributed by atoms with van der Waals surface area (Å²) < 4.78 is 26.7. The third-order valence-electron chi connectivity index (χ3n) is 3.85. The largest absolute Gasteiger partial charge is 0.392 e. The summed E-state index contributed by atoms with van der Waals surface area (Å²) in [6, 6.07) is 3.78. The van der Waals surface area contributed by atoms with Gasteiger partial charge in [0.25, 0.3) is 5.69 Å². The lowest BCUT2D eigenvalue weighted by Crippen LogP contribution is -2.47. The van der Waals surface area contributed by atoms with E-state index in [1.165, 1.54) is 16.4 Å². The first-order valence-electron chi connectivity index (χ1n) is 7.61. The molecule has 1 heterocycles. The molecule has 0 amide bonds. The zero-order valence-electron chi connectivity index (χ0n) is 13.7. The smallest absolute Gasteiger partial charge is 0.293 e. The molecule has 0 aromatic heterocycles. The summed E-state index contributed by atoms with van der Waals surface area (Å²) in [5.41, 5.74) is -0.149. The van der Waals surface area contributed by atoms with Crippen molar-refractivity contribution in [2.45, 2.75) is 17.9 Å². The van der Waals surface area contributed by atoms with Crippen LogP contribution >= 0.6 is 0 Å². The summed E-state index contributed by atoms with van der Waals surface area (Å²) in [5.74, 6) is 0. The molecule has 1 saturated heterocycles. The van der Waals surface area contributed by atoms with Crippen molar-refractivity contribution in [1.29, 1.82) is 0 Å². The lowest BCUT2D eigenvalue weighted by atomic mass is 10.2. The van der Waals surface area contributed by atoms with Crippen LogP contribution in [0.4, 0.5) is 11.4 Å². The zero-order chi connectivity index (χ0) is 17.9. The number of hydrogen-bond donors (Lipinski definition) is 2. The quantitative estimate of drug-likeness (QED) is 0.556. The van der Waals surface area contributed by atoms with Gasteiger partial charge in [0, 0.05) is 38.8 Å².